The van der Waals surface area contributed by atoms with E-state index in [1.165, 1.54) is 0 Å². The van der Waals surface area contributed by atoms with Crippen LogP contribution < -0.4 is 5.32 Å². The minimum Gasteiger partial charge on any atom is -0.452 e. The second-order valence-corrected chi connectivity index (χ2v) is 8.66. The van der Waals surface area contributed by atoms with Crippen molar-refractivity contribution in [2.24, 2.45) is 11.8 Å². The van der Waals surface area contributed by atoms with Crippen molar-refractivity contribution in [2.75, 3.05) is 30.8 Å². The summed E-state index contributed by atoms with van der Waals surface area (Å²) in [5.41, 5.74) is 0.938. The van der Waals surface area contributed by atoms with Gasteiger partial charge in [0.15, 0.2) is 6.61 Å². The average Bonchev–Trinajstić information content (AvgIpc) is 2.77. The molecule has 7 heteroatoms. The molecule has 0 bridgehead atoms. The SMILES string of the molecule is CC(C)CN(CC(C)C)C(=O)COC(=O)c1ccc2c(c1)NC(=O)CCS2. The van der Waals surface area contributed by atoms with Crippen LogP contribution in [0.2, 0.25) is 0 Å². The van der Waals surface area contributed by atoms with Gasteiger partial charge in [-0.1, -0.05) is 27.7 Å². The van der Waals surface area contributed by atoms with Gasteiger partial charge in [-0.2, -0.15) is 0 Å². The van der Waals surface area contributed by atoms with Crippen LogP contribution in [0.1, 0.15) is 44.5 Å². The zero-order valence-corrected chi connectivity index (χ0v) is 17.2. The highest BCUT2D eigenvalue weighted by atomic mass is 32.2. The molecule has 6 nitrogen and oxygen atoms in total. The number of carbonyl (C=O) groups excluding carboxylic acids is 3. The molecule has 1 aromatic rings. The van der Waals surface area contributed by atoms with Crippen LogP contribution in [-0.2, 0) is 14.3 Å². The molecule has 1 heterocycles. The van der Waals surface area contributed by atoms with Crippen molar-refractivity contribution >= 4 is 35.2 Å². The summed E-state index contributed by atoms with van der Waals surface area (Å²) in [6.07, 6.45) is 0.440. The molecular weight excluding hydrogens is 364 g/mol. The van der Waals surface area contributed by atoms with Crippen molar-refractivity contribution in [2.45, 2.75) is 39.0 Å². The number of nitrogens with one attached hydrogen (secondary N) is 1. The van der Waals surface area contributed by atoms with Gasteiger partial charge in [-0.05, 0) is 30.0 Å². The molecule has 2 rings (SSSR count). The third-order valence-electron chi connectivity index (χ3n) is 3.93. The Bertz CT molecular complexity index is 693. The fourth-order valence-electron chi connectivity index (χ4n) is 2.81. The highest BCUT2D eigenvalue weighted by molar-refractivity contribution is 7.99. The zero-order valence-electron chi connectivity index (χ0n) is 16.4. The van der Waals surface area contributed by atoms with Crippen LogP contribution in [0.25, 0.3) is 0 Å². The number of hydrogen-bond donors (Lipinski definition) is 1. The Balaban J connectivity index is 2.00. The van der Waals surface area contributed by atoms with Gasteiger partial charge >= 0.3 is 5.97 Å². The molecule has 0 saturated heterocycles. The van der Waals surface area contributed by atoms with Gasteiger partial charge in [-0.3, -0.25) is 9.59 Å². The maximum absolute atomic E-state index is 12.5. The van der Waals surface area contributed by atoms with E-state index >= 15 is 0 Å². The Kier molecular flexibility index (Phi) is 7.71. The highest BCUT2D eigenvalue weighted by Crippen LogP contribution is 2.31. The number of amides is 2. The van der Waals surface area contributed by atoms with E-state index in [0.29, 0.717) is 48.3 Å². The standard InChI is InChI=1S/C20H28N2O4S/c1-13(2)10-22(11-14(3)4)19(24)12-26-20(25)15-5-6-17-16(9-15)21-18(23)7-8-27-17/h5-6,9,13-14H,7-8,10-12H2,1-4H3,(H,21,23). The third kappa shape index (κ3) is 6.57. The first-order valence-electron chi connectivity index (χ1n) is 9.28. The van der Waals surface area contributed by atoms with Crippen molar-refractivity contribution in [3.05, 3.63) is 23.8 Å². The van der Waals surface area contributed by atoms with E-state index in [1.807, 2.05) is 0 Å². The number of nitrogens with zero attached hydrogens (tertiary/aromatic N) is 1. The molecule has 27 heavy (non-hydrogen) atoms. The van der Waals surface area contributed by atoms with E-state index in [4.69, 9.17) is 4.74 Å². The van der Waals surface area contributed by atoms with Crippen molar-refractivity contribution < 1.29 is 19.1 Å². The van der Waals surface area contributed by atoms with Gasteiger partial charge in [0.25, 0.3) is 5.91 Å². The molecule has 0 aliphatic carbocycles. The first kappa shape index (κ1) is 21.3. The number of fused-ring (bicyclic) bond motifs is 1. The molecule has 0 saturated carbocycles. The van der Waals surface area contributed by atoms with Crippen molar-refractivity contribution in [1.29, 1.82) is 0 Å². The molecule has 0 aromatic heterocycles. The molecule has 0 atom stereocenters. The lowest BCUT2D eigenvalue weighted by Crippen LogP contribution is -2.39. The maximum Gasteiger partial charge on any atom is 0.338 e. The topological polar surface area (TPSA) is 75.7 Å². The number of benzene rings is 1. The molecule has 0 fully saturated rings. The van der Waals surface area contributed by atoms with Gasteiger partial charge < -0.3 is 15.0 Å². The number of ether oxygens (including phenoxy) is 1. The molecule has 1 N–H and O–H groups in total. The van der Waals surface area contributed by atoms with Crippen molar-refractivity contribution in [3.63, 3.8) is 0 Å². The Morgan fingerprint density at radius 3 is 2.48 bits per heavy atom. The van der Waals surface area contributed by atoms with Crippen LogP contribution in [0.5, 0.6) is 0 Å². The van der Waals surface area contributed by atoms with Crippen LogP contribution in [-0.4, -0.2) is 48.1 Å². The molecule has 1 aliphatic rings. The number of rotatable bonds is 7. The quantitative estimate of drug-likeness (QED) is 0.720. The summed E-state index contributed by atoms with van der Waals surface area (Å²) < 4.78 is 5.23. The minimum absolute atomic E-state index is 0.0695. The molecule has 1 aromatic carbocycles. The van der Waals surface area contributed by atoms with Crippen LogP contribution in [0.3, 0.4) is 0 Å². The summed E-state index contributed by atoms with van der Waals surface area (Å²) >= 11 is 1.57. The number of thioether (sulfide) groups is 1. The lowest BCUT2D eigenvalue weighted by Gasteiger charge is -2.26. The van der Waals surface area contributed by atoms with Gasteiger partial charge in [-0.15, -0.1) is 11.8 Å². The molecule has 1 aliphatic heterocycles. The molecular formula is C20H28N2O4S. The second-order valence-electron chi connectivity index (χ2n) is 7.52. The summed E-state index contributed by atoms with van der Waals surface area (Å²) in [6, 6.07) is 5.07. The van der Waals surface area contributed by atoms with Crippen LogP contribution in [0.15, 0.2) is 23.1 Å². The van der Waals surface area contributed by atoms with E-state index in [1.54, 1.807) is 34.9 Å². The zero-order chi connectivity index (χ0) is 20.0. The van der Waals surface area contributed by atoms with Gasteiger partial charge in [0.2, 0.25) is 5.91 Å². The fourth-order valence-corrected chi connectivity index (χ4v) is 3.75. The summed E-state index contributed by atoms with van der Waals surface area (Å²) in [4.78, 5) is 39.2. The summed E-state index contributed by atoms with van der Waals surface area (Å²) in [5.74, 6) is 0.565. The monoisotopic (exact) mass is 392 g/mol. The first-order chi connectivity index (χ1) is 12.8. The lowest BCUT2D eigenvalue weighted by atomic mass is 10.1. The van der Waals surface area contributed by atoms with E-state index in [2.05, 4.69) is 33.0 Å². The first-order valence-corrected chi connectivity index (χ1v) is 10.3. The number of esters is 1. The Morgan fingerprint density at radius 1 is 1.19 bits per heavy atom. The summed E-state index contributed by atoms with van der Waals surface area (Å²) in [5, 5.41) is 2.80. The summed E-state index contributed by atoms with van der Waals surface area (Å²) in [7, 11) is 0. The van der Waals surface area contributed by atoms with Crippen molar-refractivity contribution in [1.82, 2.24) is 4.90 Å². The normalized spacial score (nSPS) is 13.8. The highest BCUT2D eigenvalue weighted by Gasteiger charge is 2.20. The van der Waals surface area contributed by atoms with E-state index in [0.717, 1.165) is 4.90 Å². The third-order valence-corrected chi connectivity index (χ3v) is 5.00. The second kappa shape index (κ2) is 9.78. The van der Waals surface area contributed by atoms with Gasteiger partial charge in [0.05, 0.1) is 11.3 Å². The predicted octanol–water partition coefficient (Wildman–Crippen LogP) is 3.42. The molecule has 0 unspecified atom stereocenters. The summed E-state index contributed by atoms with van der Waals surface area (Å²) in [6.45, 7) is 9.19. The Hall–Kier alpha value is -2.02. The van der Waals surface area contributed by atoms with Gasteiger partial charge in [0.1, 0.15) is 0 Å². The maximum atomic E-state index is 12.5. The van der Waals surface area contributed by atoms with E-state index in [9.17, 15) is 14.4 Å². The average molecular weight is 393 g/mol. The van der Waals surface area contributed by atoms with Crippen LogP contribution >= 0.6 is 11.8 Å². The molecule has 148 valence electrons. The van der Waals surface area contributed by atoms with E-state index in [-0.39, 0.29) is 18.4 Å². The number of hydrogen-bond acceptors (Lipinski definition) is 5. The fraction of sp³-hybridized carbons (Fsp3) is 0.550. The van der Waals surface area contributed by atoms with E-state index < -0.39 is 5.97 Å². The van der Waals surface area contributed by atoms with Gasteiger partial charge in [-0.25, -0.2) is 4.79 Å². The molecule has 2 amide bonds. The Labute approximate surface area is 165 Å². The van der Waals surface area contributed by atoms with Gasteiger partial charge in [0, 0.05) is 30.2 Å². The lowest BCUT2D eigenvalue weighted by molar-refractivity contribution is -0.135. The molecule has 0 spiro atoms. The van der Waals surface area contributed by atoms with Crippen LogP contribution in [0, 0.1) is 11.8 Å². The largest absolute Gasteiger partial charge is 0.452 e. The number of anilines is 1. The Morgan fingerprint density at radius 2 is 1.85 bits per heavy atom. The predicted molar refractivity (Wildman–Crippen MR) is 107 cm³/mol. The minimum atomic E-state index is -0.566. The number of carbonyl (C=O) groups is 3. The smallest absolute Gasteiger partial charge is 0.338 e. The van der Waals surface area contributed by atoms with Crippen LogP contribution in [0.4, 0.5) is 5.69 Å². The van der Waals surface area contributed by atoms with Crippen molar-refractivity contribution in [3.8, 4) is 0 Å². The molecule has 0 radical (unpaired) electrons.